The number of nitrogens with zero attached hydrogens (tertiary/aromatic N) is 2. The number of amidine groups is 1. The van der Waals surface area contributed by atoms with Crippen LogP contribution in [0.15, 0.2) is 46.0 Å². The third kappa shape index (κ3) is 4.88. The Morgan fingerprint density at radius 1 is 1.25 bits per heavy atom. The number of furan rings is 1. The van der Waals surface area contributed by atoms with Gasteiger partial charge < -0.3 is 29.0 Å². The summed E-state index contributed by atoms with van der Waals surface area (Å²) in [5.74, 6) is -0.516. The molecule has 1 aliphatic heterocycles. The van der Waals surface area contributed by atoms with Crippen LogP contribution in [-0.4, -0.2) is 41.9 Å². The summed E-state index contributed by atoms with van der Waals surface area (Å²) in [4.78, 5) is 0. The summed E-state index contributed by atoms with van der Waals surface area (Å²) in [6.07, 6.45) is 4.07. The Kier molecular flexibility index (Phi) is 6.48. The number of aromatic nitrogens is 1. The molecule has 3 heterocycles. The number of nitrogens with one attached hydrogen (secondary N) is 2. The Labute approximate surface area is 209 Å². The fourth-order valence-corrected chi connectivity index (χ4v) is 6.52. The van der Waals surface area contributed by atoms with E-state index in [2.05, 4.69) is 14.8 Å². The molecule has 194 valence electrons. The number of fused-ring (bicyclic) bond motifs is 1. The van der Waals surface area contributed by atoms with Crippen LogP contribution in [0.5, 0.6) is 11.6 Å². The average molecular weight is 537 g/mol. The molecule has 3 aromatic rings. The van der Waals surface area contributed by atoms with Crippen LogP contribution in [0.25, 0.3) is 0 Å². The third-order valence-electron chi connectivity index (χ3n) is 5.47. The van der Waals surface area contributed by atoms with Gasteiger partial charge in [0.15, 0.2) is 11.6 Å². The molecule has 0 spiro atoms. The monoisotopic (exact) mass is 536 g/mol. The molecule has 1 atom stereocenters. The Morgan fingerprint density at radius 3 is 2.56 bits per heavy atom. The molecule has 0 fully saturated rings. The van der Waals surface area contributed by atoms with Crippen molar-refractivity contribution in [3.05, 3.63) is 53.6 Å². The second kappa shape index (κ2) is 9.02. The first-order valence-corrected chi connectivity index (χ1v) is 14.6. The Bertz CT molecular complexity index is 1490. The SMILES string of the molecule is CCOP1(=O)N=C(c2c(O)c(C(C)(C)C)n(Cc3ccoc3)c2O)Nc2ccc(NS(C)(=O)=O)cc21. The van der Waals surface area contributed by atoms with Crippen molar-refractivity contribution < 1.29 is 32.1 Å². The molecule has 1 aliphatic rings. The highest BCUT2D eigenvalue weighted by atomic mass is 32.2. The molecular weight excluding hydrogens is 507 g/mol. The van der Waals surface area contributed by atoms with Crippen LogP contribution in [0.1, 0.15) is 44.5 Å². The lowest BCUT2D eigenvalue weighted by Crippen LogP contribution is -2.26. The normalized spacial score (nSPS) is 17.9. The molecule has 0 aliphatic carbocycles. The minimum atomic E-state index is -3.92. The van der Waals surface area contributed by atoms with Crippen molar-refractivity contribution in [2.24, 2.45) is 4.76 Å². The summed E-state index contributed by atoms with van der Waals surface area (Å²) in [6.45, 7) is 7.61. The van der Waals surface area contributed by atoms with Crippen molar-refractivity contribution in [3.63, 3.8) is 0 Å². The fourth-order valence-electron chi connectivity index (χ4n) is 4.16. The van der Waals surface area contributed by atoms with Crippen molar-refractivity contribution in [1.29, 1.82) is 0 Å². The van der Waals surface area contributed by atoms with Gasteiger partial charge >= 0.3 is 7.52 Å². The lowest BCUT2D eigenvalue weighted by atomic mass is 9.91. The molecule has 36 heavy (non-hydrogen) atoms. The van der Waals surface area contributed by atoms with E-state index in [-0.39, 0.29) is 47.2 Å². The highest BCUT2D eigenvalue weighted by Crippen LogP contribution is 2.54. The summed E-state index contributed by atoms with van der Waals surface area (Å²) in [7, 11) is -7.48. The quantitative estimate of drug-likeness (QED) is 0.331. The van der Waals surface area contributed by atoms with Crippen LogP contribution in [0.3, 0.4) is 0 Å². The molecule has 0 radical (unpaired) electrons. The van der Waals surface area contributed by atoms with Gasteiger partial charge in [0.25, 0.3) is 0 Å². The summed E-state index contributed by atoms with van der Waals surface area (Å²) in [5.41, 5.74) is 1.16. The smallest absolute Gasteiger partial charge is 0.348 e. The lowest BCUT2D eigenvalue weighted by Gasteiger charge is -2.25. The molecular formula is C23H29N4O7PS. The summed E-state index contributed by atoms with van der Waals surface area (Å²) < 4.78 is 56.2. The molecule has 0 saturated heterocycles. The van der Waals surface area contributed by atoms with E-state index in [1.54, 1.807) is 23.8 Å². The Balaban J connectivity index is 1.88. The molecule has 0 saturated carbocycles. The summed E-state index contributed by atoms with van der Waals surface area (Å²) in [6, 6.07) is 6.17. The zero-order valence-electron chi connectivity index (χ0n) is 20.6. The number of benzene rings is 1. The topological polar surface area (TPSA) is 155 Å². The fraction of sp³-hybridized carbons (Fsp3) is 0.348. The minimum absolute atomic E-state index is 0.0210. The first-order valence-electron chi connectivity index (χ1n) is 11.1. The Morgan fingerprint density at radius 2 is 1.97 bits per heavy atom. The van der Waals surface area contributed by atoms with Crippen LogP contribution < -0.4 is 15.3 Å². The van der Waals surface area contributed by atoms with Crippen LogP contribution in [0.2, 0.25) is 0 Å². The van der Waals surface area contributed by atoms with Crippen LogP contribution in [0, 0.1) is 0 Å². The van der Waals surface area contributed by atoms with Gasteiger partial charge in [0.05, 0.1) is 48.6 Å². The van der Waals surface area contributed by atoms with Crippen LogP contribution in [-0.2, 0) is 31.1 Å². The molecule has 4 rings (SSSR count). The zero-order chi connectivity index (χ0) is 26.5. The highest BCUT2D eigenvalue weighted by molar-refractivity contribution is 7.92. The van der Waals surface area contributed by atoms with Crippen LogP contribution in [0.4, 0.5) is 11.4 Å². The van der Waals surface area contributed by atoms with Gasteiger partial charge in [-0.25, -0.2) is 8.42 Å². The van der Waals surface area contributed by atoms with Gasteiger partial charge in [0, 0.05) is 16.7 Å². The molecule has 1 unspecified atom stereocenters. The second-order valence-corrected chi connectivity index (χ2v) is 13.2. The van der Waals surface area contributed by atoms with Gasteiger partial charge in [-0.05, 0) is 31.2 Å². The largest absolute Gasteiger partial charge is 0.505 e. The van der Waals surface area contributed by atoms with Crippen molar-refractivity contribution >= 4 is 40.1 Å². The van der Waals surface area contributed by atoms with E-state index < -0.39 is 23.0 Å². The maximum absolute atomic E-state index is 13.9. The van der Waals surface area contributed by atoms with Crippen molar-refractivity contribution in [3.8, 4) is 11.6 Å². The predicted octanol–water partition coefficient (Wildman–Crippen LogP) is 3.94. The molecule has 4 N–H and O–H groups in total. The van der Waals surface area contributed by atoms with Crippen molar-refractivity contribution in [2.45, 2.75) is 39.7 Å². The standard InChI is InChI=1S/C23H29N4O7PS/c1-6-34-35(30)17-11-15(26-36(5,31)32)7-8-16(17)24-21(25-35)18-19(28)20(23(2,3)4)27(22(18)29)12-14-9-10-33-13-14/h7-11,13,26,28-29H,6,12H2,1-5H3,(H,24,25,30). The highest BCUT2D eigenvalue weighted by Gasteiger charge is 2.38. The number of hydrogen-bond acceptors (Lipinski definition) is 8. The van der Waals surface area contributed by atoms with Crippen LogP contribution >= 0.6 is 7.52 Å². The van der Waals surface area contributed by atoms with Gasteiger partial charge in [-0.15, -0.1) is 0 Å². The predicted molar refractivity (Wildman–Crippen MR) is 138 cm³/mol. The molecule has 11 nitrogen and oxygen atoms in total. The van der Waals surface area contributed by atoms with Crippen molar-refractivity contribution in [2.75, 3.05) is 22.9 Å². The number of sulfonamides is 1. The van der Waals surface area contributed by atoms with Gasteiger partial charge in [-0.3, -0.25) is 9.29 Å². The molecule has 0 bridgehead atoms. The van der Waals surface area contributed by atoms with E-state index in [4.69, 9.17) is 8.94 Å². The van der Waals surface area contributed by atoms with E-state index in [0.29, 0.717) is 11.4 Å². The summed E-state index contributed by atoms with van der Waals surface area (Å²) >= 11 is 0. The minimum Gasteiger partial charge on any atom is -0.505 e. The maximum Gasteiger partial charge on any atom is 0.348 e. The van der Waals surface area contributed by atoms with E-state index in [0.717, 1.165) is 11.8 Å². The first kappa shape index (κ1) is 25.9. The van der Waals surface area contributed by atoms with E-state index in [9.17, 15) is 23.2 Å². The lowest BCUT2D eigenvalue weighted by molar-refractivity contribution is 0.341. The Hall–Kier alpha value is -3.21. The molecule has 1 aromatic carbocycles. The molecule has 2 aromatic heterocycles. The second-order valence-electron chi connectivity index (χ2n) is 9.48. The van der Waals surface area contributed by atoms with Gasteiger partial charge in [0.1, 0.15) is 5.56 Å². The number of hydrogen-bond donors (Lipinski definition) is 4. The number of rotatable bonds is 7. The average Bonchev–Trinajstić information content (AvgIpc) is 3.33. The van der Waals surface area contributed by atoms with Gasteiger partial charge in [-0.2, -0.15) is 4.76 Å². The van der Waals surface area contributed by atoms with E-state index in [1.807, 2.05) is 20.8 Å². The third-order valence-corrected chi connectivity index (χ3v) is 8.13. The number of aromatic hydroxyl groups is 2. The van der Waals surface area contributed by atoms with Gasteiger partial charge in [0.2, 0.25) is 15.9 Å². The number of anilines is 2. The maximum atomic E-state index is 13.9. The van der Waals surface area contributed by atoms with Crippen molar-refractivity contribution in [1.82, 2.24) is 4.57 Å². The molecule has 13 heteroatoms. The van der Waals surface area contributed by atoms with E-state index >= 15 is 0 Å². The van der Waals surface area contributed by atoms with Gasteiger partial charge in [-0.1, -0.05) is 20.8 Å². The first-order chi connectivity index (χ1) is 16.7. The summed E-state index contributed by atoms with van der Waals surface area (Å²) in [5, 5.41) is 25.7. The van der Waals surface area contributed by atoms with E-state index in [1.165, 1.54) is 24.5 Å². The zero-order valence-corrected chi connectivity index (χ0v) is 22.3. The molecule has 0 amide bonds.